The van der Waals surface area contributed by atoms with Gasteiger partial charge in [0.2, 0.25) is 5.54 Å². The lowest BCUT2D eigenvalue weighted by Crippen LogP contribution is -2.52. The number of hydrogen-bond acceptors (Lipinski definition) is 3. The molecule has 2 aliphatic heterocycles. The van der Waals surface area contributed by atoms with Crippen molar-refractivity contribution in [3.8, 4) is 0 Å². The van der Waals surface area contributed by atoms with E-state index in [4.69, 9.17) is 0 Å². The Labute approximate surface area is 115 Å². The molecule has 6 heteroatoms. The molecule has 0 aromatic heterocycles. The Bertz CT molecular complexity index is 668. The first-order valence-corrected chi connectivity index (χ1v) is 6.18. The molecule has 2 N–H and O–H groups in total. The summed E-state index contributed by atoms with van der Waals surface area (Å²) in [6.45, 7) is 5.55. The van der Waals surface area contributed by atoms with Gasteiger partial charge in [0.1, 0.15) is 0 Å². The molecule has 1 aromatic rings. The van der Waals surface area contributed by atoms with Crippen LogP contribution in [0.5, 0.6) is 0 Å². The van der Waals surface area contributed by atoms with Gasteiger partial charge in [-0.25, -0.2) is 4.79 Å². The van der Waals surface area contributed by atoms with E-state index in [9.17, 15) is 14.4 Å². The smallest absolute Gasteiger partial charge is 0.323 e. The van der Waals surface area contributed by atoms with E-state index in [0.29, 0.717) is 11.3 Å². The highest BCUT2D eigenvalue weighted by Gasteiger charge is 2.63. The number of nitrogens with zero attached hydrogens (tertiary/aromatic N) is 1. The molecule has 4 amide bonds. The zero-order valence-electron chi connectivity index (χ0n) is 10.9. The Kier molecular flexibility index (Phi) is 2.44. The quantitative estimate of drug-likeness (QED) is 0.476. The Morgan fingerprint density at radius 1 is 1.25 bits per heavy atom. The summed E-state index contributed by atoms with van der Waals surface area (Å²) in [6.07, 6.45) is 1.49. The largest absolute Gasteiger partial charge is 0.325 e. The van der Waals surface area contributed by atoms with Crippen molar-refractivity contribution in [2.75, 3.05) is 11.9 Å². The van der Waals surface area contributed by atoms with Gasteiger partial charge >= 0.3 is 6.03 Å². The number of rotatable bonds is 2. The minimum Gasteiger partial charge on any atom is -0.323 e. The summed E-state index contributed by atoms with van der Waals surface area (Å²) in [5.74, 6) is -1.13. The van der Waals surface area contributed by atoms with Gasteiger partial charge in [0.05, 0.1) is 0 Å². The number of carbonyl (C=O) groups is 3. The van der Waals surface area contributed by atoms with Gasteiger partial charge in [-0.15, -0.1) is 6.58 Å². The lowest BCUT2D eigenvalue weighted by molar-refractivity contribution is -0.136. The van der Waals surface area contributed by atoms with Crippen molar-refractivity contribution in [3.05, 3.63) is 42.0 Å². The van der Waals surface area contributed by atoms with Crippen LogP contribution in [0, 0.1) is 6.92 Å². The molecule has 0 saturated carbocycles. The number of urea groups is 1. The molecule has 20 heavy (non-hydrogen) atoms. The summed E-state index contributed by atoms with van der Waals surface area (Å²) in [6, 6.07) is 4.74. The van der Waals surface area contributed by atoms with Crippen LogP contribution in [0.3, 0.4) is 0 Å². The van der Waals surface area contributed by atoms with Crippen LogP contribution in [0.15, 0.2) is 30.9 Å². The Hall–Kier alpha value is -2.63. The maximum atomic E-state index is 12.4. The third-order valence-corrected chi connectivity index (χ3v) is 3.65. The molecule has 6 nitrogen and oxygen atoms in total. The van der Waals surface area contributed by atoms with Crippen molar-refractivity contribution in [2.24, 2.45) is 0 Å². The van der Waals surface area contributed by atoms with Crippen LogP contribution in [0.25, 0.3) is 0 Å². The number of hydrogen-bond donors (Lipinski definition) is 2. The summed E-state index contributed by atoms with van der Waals surface area (Å²) in [7, 11) is 0. The van der Waals surface area contributed by atoms with Crippen LogP contribution in [0.1, 0.15) is 11.1 Å². The lowest BCUT2D eigenvalue weighted by Gasteiger charge is -2.28. The summed E-state index contributed by atoms with van der Waals surface area (Å²) < 4.78 is 0. The fourth-order valence-electron chi connectivity index (χ4n) is 2.77. The number of fused-ring (bicyclic) bond motifs is 2. The van der Waals surface area contributed by atoms with Crippen molar-refractivity contribution >= 4 is 23.5 Å². The third-order valence-electron chi connectivity index (χ3n) is 3.65. The Morgan fingerprint density at radius 2 is 1.95 bits per heavy atom. The minimum atomic E-state index is -1.62. The van der Waals surface area contributed by atoms with Crippen LogP contribution in [-0.2, 0) is 15.1 Å². The average molecular weight is 271 g/mol. The summed E-state index contributed by atoms with van der Waals surface area (Å²) >= 11 is 0. The van der Waals surface area contributed by atoms with Crippen LogP contribution >= 0.6 is 0 Å². The number of nitrogens with one attached hydrogen (secondary N) is 2. The van der Waals surface area contributed by atoms with Crippen LogP contribution < -0.4 is 10.6 Å². The van der Waals surface area contributed by atoms with Gasteiger partial charge in [-0.2, -0.15) is 0 Å². The molecular weight excluding hydrogens is 258 g/mol. The highest BCUT2D eigenvalue weighted by Crippen LogP contribution is 2.43. The van der Waals surface area contributed by atoms with E-state index in [2.05, 4.69) is 17.2 Å². The van der Waals surface area contributed by atoms with Gasteiger partial charge in [0.25, 0.3) is 11.8 Å². The summed E-state index contributed by atoms with van der Waals surface area (Å²) in [5, 5.41) is 4.88. The molecule has 0 unspecified atom stereocenters. The molecule has 1 saturated heterocycles. The van der Waals surface area contributed by atoms with Gasteiger partial charge in [-0.3, -0.25) is 19.8 Å². The van der Waals surface area contributed by atoms with E-state index in [1.165, 1.54) is 11.0 Å². The van der Waals surface area contributed by atoms with Crippen molar-refractivity contribution in [3.63, 3.8) is 0 Å². The second kappa shape index (κ2) is 3.93. The first-order valence-electron chi connectivity index (χ1n) is 6.18. The van der Waals surface area contributed by atoms with Gasteiger partial charge in [-0.1, -0.05) is 23.8 Å². The number of benzene rings is 1. The first-order chi connectivity index (χ1) is 9.51. The Balaban J connectivity index is 2.27. The number of aryl methyl sites for hydroxylation is 1. The fraction of sp³-hybridized carbons (Fsp3) is 0.214. The van der Waals surface area contributed by atoms with E-state index in [1.807, 2.05) is 13.0 Å². The van der Waals surface area contributed by atoms with E-state index in [0.717, 1.165) is 5.56 Å². The maximum Gasteiger partial charge on any atom is 0.325 e. The molecule has 1 atom stereocenters. The second-order valence-electron chi connectivity index (χ2n) is 4.87. The van der Waals surface area contributed by atoms with Crippen molar-refractivity contribution < 1.29 is 14.4 Å². The molecule has 102 valence electrons. The topological polar surface area (TPSA) is 78.5 Å². The monoisotopic (exact) mass is 271 g/mol. The molecule has 1 fully saturated rings. The predicted octanol–water partition coefficient (Wildman–Crippen LogP) is 0.880. The van der Waals surface area contributed by atoms with E-state index in [-0.39, 0.29) is 6.54 Å². The molecule has 0 radical (unpaired) electrons. The molecule has 3 rings (SSSR count). The van der Waals surface area contributed by atoms with Crippen LogP contribution in [-0.4, -0.2) is 29.3 Å². The standard InChI is InChI=1S/C14H13N3O3/c1-3-6-17-13(20)16-12(19)14(17)9-7-8(2)4-5-10(9)15-11(14)18/h3-5,7H,1,6H2,2H3,(H,15,18)(H,16,19,20)/t14-/m1/s1. The number of anilines is 1. The number of amides is 4. The normalized spacial score (nSPS) is 23.9. The first kappa shape index (κ1) is 12.4. The molecule has 0 aliphatic carbocycles. The molecule has 2 aliphatic rings. The molecular formula is C14H13N3O3. The highest BCUT2D eigenvalue weighted by molar-refractivity contribution is 6.26. The molecule has 1 spiro atoms. The van der Waals surface area contributed by atoms with Crippen molar-refractivity contribution in [1.82, 2.24) is 10.2 Å². The van der Waals surface area contributed by atoms with Crippen molar-refractivity contribution in [2.45, 2.75) is 12.5 Å². The molecule has 2 heterocycles. The maximum absolute atomic E-state index is 12.4. The third kappa shape index (κ3) is 1.30. The van der Waals surface area contributed by atoms with Gasteiger partial charge in [0.15, 0.2) is 0 Å². The van der Waals surface area contributed by atoms with Crippen LogP contribution in [0.4, 0.5) is 10.5 Å². The van der Waals surface area contributed by atoms with Crippen molar-refractivity contribution in [1.29, 1.82) is 0 Å². The van der Waals surface area contributed by atoms with Crippen LogP contribution in [0.2, 0.25) is 0 Å². The summed E-state index contributed by atoms with van der Waals surface area (Å²) in [5.41, 5.74) is 0.352. The summed E-state index contributed by atoms with van der Waals surface area (Å²) in [4.78, 5) is 37.9. The minimum absolute atomic E-state index is 0.109. The molecule has 1 aromatic carbocycles. The van der Waals surface area contributed by atoms with Gasteiger partial charge < -0.3 is 5.32 Å². The zero-order chi connectivity index (χ0) is 14.5. The van der Waals surface area contributed by atoms with Gasteiger partial charge in [0, 0.05) is 17.8 Å². The highest BCUT2D eigenvalue weighted by atomic mass is 16.2. The van der Waals surface area contributed by atoms with E-state index in [1.54, 1.807) is 12.1 Å². The SMILES string of the molecule is C=CCN1C(=O)NC(=O)[C@@]12C(=O)Nc1ccc(C)cc12. The zero-order valence-corrected chi connectivity index (χ0v) is 10.9. The molecule has 0 bridgehead atoms. The van der Waals surface area contributed by atoms with Gasteiger partial charge in [-0.05, 0) is 13.0 Å². The number of imide groups is 1. The second-order valence-corrected chi connectivity index (χ2v) is 4.87. The number of carbonyl (C=O) groups excluding carboxylic acids is 3. The lowest BCUT2D eigenvalue weighted by atomic mass is 9.89. The van der Waals surface area contributed by atoms with E-state index < -0.39 is 23.4 Å². The van der Waals surface area contributed by atoms with E-state index >= 15 is 0 Å². The fourth-order valence-corrected chi connectivity index (χ4v) is 2.77. The average Bonchev–Trinajstić information content (AvgIpc) is 2.81. The predicted molar refractivity (Wildman–Crippen MR) is 71.9 cm³/mol. The Morgan fingerprint density at radius 3 is 2.65 bits per heavy atom.